The lowest BCUT2D eigenvalue weighted by Crippen LogP contribution is -2.40. The van der Waals surface area contributed by atoms with Crippen LogP contribution in [0.5, 0.6) is 0 Å². The summed E-state index contributed by atoms with van der Waals surface area (Å²) in [6, 6.07) is -0.109. The van der Waals surface area contributed by atoms with Crippen LogP contribution in [0.3, 0.4) is 0 Å². The third-order valence-electron chi connectivity index (χ3n) is 1.71. The molecule has 4 nitrogen and oxygen atoms in total. The second kappa shape index (κ2) is 4.75. The van der Waals surface area contributed by atoms with Crippen LogP contribution in [0.2, 0.25) is 0 Å². The minimum absolute atomic E-state index is 0.109. The van der Waals surface area contributed by atoms with Gasteiger partial charge in [-0.15, -0.1) is 6.42 Å². The zero-order valence-electron chi connectivity index (χ0n) is 6.80. The third kappa shape index (κ3) is 2.53. The lowest BCUT2D eigenvalue weighted by Gasteiger charge is -2.08. The van der Waals surface area contributed by atoms with E-state index in [4.69, 9.17) is 6.42 Å². The largest absolute Gasteiger partial charge is 0.306 e. The smallest absolute Gasteiger partial charge is 0.260 e. The van der Waals surface area contributed by atoms with Crippen molar-refractivity contribution < 1.29 is 9.63 Å². The molecule has 0 spiro atoms. The van der Waals surface area contributed by atoms with E-state index in [0.717, 1.165) is 19.4 Å². The van der Waals surface area contributed by atoms with E-state index in [1.165, 1.54) is 0 Å². The molecule has 1 fully saturated rings. The molecule has 1 saturated heterocycles. The number of hydroxylamine groups is 1. The fourth-order valence-corrected chi connectivity index (χ4v) is 1.13. The van der Waals surface area contributed by atoms with Crippen molar-refractivity contribution in [3.8, 4) is 12.3 Å². The van der Waals surface area contributed by atoms with E-state index in [-0.39, 0.29) is 18.6 Å². The molecule has 1 rings (SSSR count). The van der Waals surface area contributed by atoms with Crippen LogP contribution in [0.4, 0.5) is 0 Å². The van der Waals surface area contributed by atoms with Gasteiger partial charge in [0.2, 0.25) is 0 Å². The van der Waals surface area contributed by atoms with Gasteiger partial charge >= 0.3 is 0 Å². The number of rotatable bonds is 3. The predicted octanol–water partition coefficient (Wildman–Crippen LogP) is -0.581. The van der Waals surface area contributed by atoms with Crippen molar-refractivity contribution in [1.29, 1.82) is 0 Å². The molecule has 0 radical (unpaired) electrons. The molecule has 0 aliphatic carbocycles. The quantitative estimate of drug-likeness (QED) is 0.337. The monoisotopic (exact) mass is 168 g/mol. The van der Waals surface area contributed by atoms with E-state index >= 15 is 0 Å². The van der Waals surface area contributed by atoms with E-state index in [1.54, 1.807) is 0 Å². The van der Waals surface area contributed by atoms with E-state index in [9.17, 15) is 4.79 Å². The van der Waals surface area contributed by atoms with Gasteiger partial charge in [0.1, 0.15) is 6.61 Å². The van der Waals surface area contributed by atoms with Gasteiger partial charge in [-0.1, -0.05) is 5.92 Å². The number of carbonyl (C=O) groups excluding carboxylic acids is 1. The second-order valence-corrected chi connectivity index (χ2v) is 2.61. The Kier molecular flexibility index (Phi) is 3.58. The molecule has 1 amide bonds. The van der Waals surface area contributed by atoms with Gasteiger partial charge in [-0.3, -0.25) is 9.63 Å². The second-order valence-electron chi connectivity index (χ2n) is 2.61. The number of hydrogen-bond donors (Lipinski definition) is 2. The standard InChI is InChI=1S/C8H12N2O2/c1-2-6-12-10-8(11)7-4-3-5-9-7/h1,7,9H,3-6H2,(H,10,11)/t7-/m1/s1. The first kappa shape index (κ1) is 9.04. The predicted molar refractivity (Wildman–Crippen MR) is 44.0 cm³/mol. The van der Waals surface area contributed by atoms with Crippen LogP contribution in [-0.4, -0.2) is 25.1 Å². The Bertz CT molecular complexity index is 192. The molecule has 0 unspecified atom stereocenters. The molecule has 1 aliphatic heterocycles. The Balaban J connectivity index is 2.15. The highest BCUT2D eigenvalue weighted by atomic mass is 16.6. The van der Waals surface area contributed by atoms with Gasteiger partial charge in [0.15, 0.2) is 0 Å². The first-order valence-electron chi connectivity index (χ1n) is 3.93. The first-order chi connectivity index (χ1) is 5.84. The van der Waals surface area contributed by atoms with Crippen molar-refractivity contribution in [1.82, 2.24) is 10.8 Å². The van der Waals surface area contributed by atoms with Crippen LogP contribution >= 0.6 is 0 Å². The van der Waals surface area contributed by atoms with E-state index in [1.807, 2.05) is 0 Å². The molecule has 12 heavy (non-hydrogen) atoms. The molecule has 0 aromatic carbocycles. The van der Waals surface area contributed by atoms with E-state index < -0.39 is 0 Å². The minimum Gasteiger partial charge on any atom is -0.306 e. The van der Waals surface area contributed by atoms with Gasteiger partial charge in [-0.05, 0) is 19.4 Å². The van der Waals surface area contributed by atoms with Crippen molar-refractivity contribution in [2.45, 2.75) is 18.9 Å². The molecule has 1 heterocycles. The molecule has 0 aromatic rings. The summed E-state index contributed by atoms with van der Waals surface area (Å²) < 4.78 is 0. The van der Waals surface area contributed by atoms with Crippen molar-refractivity contribution >= 4 is 5.91 Å². The fraction of sp³-hybridized carbons (Fsp3) is 0.625. The number of amides is 1. The lowest BCUT2D eigenvalue weighted by atomic mass is 10.2. The number of carbonyl (C=O) groups is 1. The van der Waals surface area contributed by atoms with Gasteiger partial charge in [-0.2, -0.15) is 0 Å². The van der Waals surface area contributed by atoms with Crippen molar-refractivity contribution in [2.75, 3.05) is 13.2 Å². The molecule has 1 atom stereocenters. The van der Waals surface area contributed by atoms with Crippen LogP contribution in [0.1, 0.15) is 12.8 Å². The molecule has 4 heteroatoms. The molecular formula is C8H12N2O2. The van der Waals surface area contributed by atoms with Gasteiger partial charge in [-0.25, -0.2) is 5.48 Å². The fourth-order valence-electron chi connectivity index (χ4n) is 1.13. The summed E-state index contributed by atoms with van der Waals surface area (Å²) >= 11 is 0. The number of nitrogens with one attached hydrogen (secondary N) is 2. The summed E-state index contributed by atoms with van der Waals surface area (Å²) in [4.78, 5) is 15.8. The number of terminal acetylenes is 1. The molecule has 2 N–H and O–H groups in total. The molecular weight excluding hydrogens is 156 g/mol. The maximum Gasteiger partial charge on any atom is 0.260 e. The first-order valence-corrected chi connectivity index (χ1v) is 3.93. The summed E-state index contributed by atoms with van der Waals surface area (Å²) in [6.45, 7) is 1.01. The van der Waals surface area contributed by atoms with Gasteiger partial charge in [0, 0.05) is 0 Å². The van der Waals surface area contributed by atoms with Crippen LogP contribution in [0, 0.1) is 12.3 Å². The molecule has 66 valence electrons. The van der Waals surface area contributed by atoms with Gasteiger partial charge in [0.05, 0.1) is 6.04 Å². The van der Waals surface area contributed by atoms with Gasteiger partial charge in [0.25, 0.3) is 5.91 Å². The Hall–Kier alpha value is -1.05. The van der Waals surface area contributed by atoms with Crippen molar-refractivity contribution in [2.24, 2.45) is 0 Å². The normalized spacial score (nSPS) is 21.8. The maximum atomic E-state index is 11.2. The average Bonchev–Trinajstić information content (AvgIpc) is 2.56. The Morgan fingerprint density at radius 1 is 1.83 bits per heavy atom. The van der Waals surface area contributed by atoms with Crippen LogP contribution < -0.4 is 10.8 Å². The summed E-state index contributed by atoms with van der Waals surface area (Å²) in [5, 5.41) is 3.04. The Labute approximate surface area is 71.6 Å². The molecule has 0 bridgehead atoms. The van der Waals surface area contributed by atoms with Crippen molar-refractivity contribution in [3.05, 3.63) is 0 Å². The summed E-state index contributed by atoms with van der Waals surface area (Å²) in [7, 11) is 0. The van der Waals surface area contributed by atoms with E-state index in [2.05, 4.69) is 21.6 Å². The highest BCUT2D eigenvalue weighted by molar-refractivity contribution is 5.80. The molecule has 0 saturated carbocycles. The summed E-state index contributed by atoms with van der Waals surface area (Å²) in [6.07, 6.45) is 6.83. The Morgan fingerprint density at radius 2 is 2.67 bits per heavy atom. The number of hydrogen-bond acceptors (Lipinski definition) is 3. The highest BCUT2D eigenvalue weighted by Gasteiger charge is 2.21. The lowest BCUT2D eigenvalue weighted by molar-refractivity contribution is -0.134. The summed E-state index contributed by atoms with van der Waals surface area (Å²) in [5.74, 6) is 2.12. The van der Waals surface area contributed by atoms with E-state index in [0.29, 0.717) is 0 Å². The SMILES string of the molecule is C#CCONC(=O)[C@H]1CCCN1. The van der Waals surface area contributed by atoms with Crippen LogP contribution in [-0.2, 0) is 9.63 Å². The zero-order chi connectivity index (χ0) is 8.81. The highest BCUT2D eigenvalue weighted by Crippen LogP contribution is 2.03. The zero-order valence-corrected chi connectivity index (χ0v) is 6.80. The average molecular weight is 168 g/mol. The maximum absolute atomic E-state index is 11.2. The topological polar surface area (TPSA) is 50.4 Å². The van der Waals surface area contributed by atoms with Gasteiger partial charge < -0.3 is 5.32 Å². The summed E-state index contributed by atoms with van der Waals surface area (Å²) in [5.41, 5.74) is 2.28. The molecule has 1 aliphatic rings. The minimum atomic E-state index is -0.136. The Morgan fingerprint density at radius 3 is 3.25 bits per heavy atom. The molecule has 0 aromatic heterocycles. The third-order valence-corrected chi connectivity index (χ3v) is 1.71. The van der Waals surface area contributed by atoms with Crippen LogP contribution in [0.25, 0.3) is 0 Å². The van der Waals surface area contributed by atoms with Crippen LogP contribution in [0.15, 0.2) is 0 Å². The van der Waals surface area contributed by atoms with Crippen molar-refractivity contribution in [3.63, 3.8) is 0 Å².